The zero-order chi connectivity index (χ0) is 12.1. The topological polar surface area (TPSA) is 25.8 Å². The van der Waals surface area contributed by atoms with Crippen molar-refractivity contribution in [3.8, 4) is 0 Å². The van der Waals surface area contributed by atoms with Crippen molar-refractivity contribution in [1.82, 2.24) is 8.75 Å². The fourth-order valence-electron chi connectivity index (χ4n) is 1.87. The molecule has 0 saturated carbocycles. The van der Waals surface area contributed by atoms with E-state index in [4.69, 9.17) is 0 Å². The summed E-state index contributed by atoms with van der Waals surface area (Å²) in [5.74, 6) is 0. The minimum absolute atomic E-state index is 0.166. The monoisotopic (exact) mass is 246 g/mol. The number of hydrogen-bond acceptors (Lipinski definition) is 3. The van der Waals surface area contributed by atoms with Crippen molar-refractivity contribution in [3.63, 3.8) is 0 Å². The van der Waals surface area contributed by atoms with Crippen LogP contribution in [-0.2, 0) is 6.18 Å². The van der Waals surface area contributed by atoms with E-state index in [0.29, 0.717) is 16.6 Å². The largest absolute Gasteiger partial charge is 0.417 e. The van der Waals surface area contributed by atoms with E-state index in [2.05, 4.69) is 8.75 Å². The van der Waals surface area contributed by atoms with Crippen LogP contribution in [0.3, 0.4) is 0 Å². The van der Waals surface area contributed by atoms with E-state index in [9.17, 15) is 13.2 Å². The van der Waals surface area contributed by atoms with Crippen LogP contribution < -0.4 is 0 Å². The predicted molar refractivity (Wildman–Crippen MR) is 56.6 cm³/mol. The maximum absolute atomic E-state index is 12.9. The van der Waals surface area contributed by atoms with E-state index in [-0.39, 0.29) is 11.1 Å². The third-order valence-electron chi connectivity index (χ3n) is 2.79. The number of aromatic nitrogens is 2. The van der Waals surface area contributed by atoms with Crippen molar-refractivity contribution in [2.24, 2.45) is 0 Å². The van der Waals surface area contributed by atoms with E-state index in [1.165, 1.54) is 13.8 Å². The van der Waals surface area contributed by atoms with Gasteiger partial charge in [-0.3, -0.25) is 0 Å². The number of nitrogens with zero attached hydrogens (tertiary/aromatic N) is 2. The minimum atomic E-state index is -4.34. The van der Waals surface area contributed by atoms with E-state index < -0.39 is 11.7 Å². The molecule has 2 nitrogen and oxygen atoms in total. The quantitative estimate of drug-likeness (QED) is 0.709. The second kappa shape index (κ2) is 3.41. The van der Waals surface area contributed by atoms with Crippen LogP contribution in [0.2, 0.25) is 0 Å². The number of halogens is 3. The third kappa shape index (κ3) is 1.48. The molecule has 0 unspecified atom stereocenters. The van der Waals surface area contributed by atoms with Gasteiger partial charge in [-0.1, -0.05) is 0 Å². The normalized spacial score (nSPS) is 12.4. The van der Waals surface area contributed by atoms with Gasteiger partial charge in [0.1, 0.15) is 11.0 Å². The Hall–Kier alpha value is -1.17. The zero-order valence-electron chi connectivity index (χ0n) is 8.94. The summed E-state index contributed by atoms with van der Waals surface area (Å²) in [4.78, 5) is 0. The van der Waals surface area contributed by atoms with Gasteiger partial charge in [0.2, 0.25) is 0 Å². The molecule has 0 aliphatic carbocycles. The lowest BCUT2D eigenvalue weighted by atomic mass is 9.96. The Morgan fingerprint density at radius 3 is 1.88 bits per heavy atom. The summed E-state index contributed by atoms with van der Waals surface area (Å²) in [6.07, 6.45) is -4.34. The number of fused-ring (bicyclic) bond motifs is 1. The molecule has 0 aliphatic heterocycles. The Morgan fingerprint density at radius 1 is 0.875 bits per heavy atom. The summed E-state index contributed by atoms with van der Waals surface area (Å²) in [6, 6.07) is 0. The van der Waals surface area contributed by atoms with Crippen molar-refractivity contribution in [3.05, 3.63) is 22.3 Å². The van der Waals surface area contributed by atoms with Gasteiger partial charge in [0.05, 0.1) is 17.3 Å². The van der Waals surface area contributed by atoms with Gasteiger partial charge < -0.3 is 0 Å². The van der Waals surface area contributed by atoms with Crippen molar-refractivity contribution in [2.75, 3.05) is 0 Å². The molecule has 0 bridgehead atoms. The summed E-state index contributed by atoms with van der Waals surface area (Å²) in [6.45, 7) is 4.57. The molecule has 86 valence electrons. The number of rotatable bonds is 0. The van der Waals surface area contributed by atoms with Crippen molar-refractivity contribution < 1.29 is 13.2 Å². The van der Waals surface area contributed by atoms with Crippen LogP contribution in [0.15, 0.2) is 0 Å². The molecule has 1 aromatic carbocycles. The number of hydrogen-bond donors (Lipinski definition) is 0. The van der Waals surface area contributed by atoms with Crippen LogP contribution in [0.1, 0.15) is 22.3 Å². The average molecular weight is 246 g/mol. The Bertz CT molecular complexity index is 557. The van der Waals surface area contributed by atoms with Crippen LogP contribution in [0.5, 0.6) is 0 Å². The third-order valence-corrected chi connectivity index (χ3v) is 3.32. The maximum Gasteiger partial charge on any atom is 0.417 e. The molecule has 2 rings (SSSR count). The molecule has 0 radical (unpaired) electrons. The number of benzene rings is 1. The molecule has 0 N–H and O–H groups in total. The summed E-state index contributed by atoms with van der Waals surface area (Å²) in [5.41, 5.74) is 1.32. The van der Waals surface area contributed by atoms with E-state index >= 15 is 0 Å². The number of aryl methyl sites for hydroxylation is 2. The molecule has 1 heterocycles. The molecule has 0 spiro atoms. The van der Waals surface area contributed by atoms with Crippen LogP contribution in [0.4, 0.5) is 13.2 Å². The Kier molecular flexibility index (Phi) is 2.41. The molecule has 0 fully saturated rings. The molecule has 0 saturated heterocycles. The fourth-order valence-corrected chi connectivity index (χ4v) is 2.52. The summed E-state index contributed by atoms with van der Waals surface area (Å²) in [5, 5.41) is 0. The van der Waals surface area contributed by atoms with Gasteiger partial charge in [0.15, 0.2) is 0 Å². The van der Waals surface area contributed by atoms with Gasteiger partial charge in [0.25, 0.3) is 0 Å². The molecule has 6 heteroatoms. The highest BCUT2D eigenvalue weighted by Crippen LogP contribution is 2.39. The first-order valence-electron chi connectivity index (χ1n) is 4.63. The highest BCUT2D eigenvalue weighted by molar-refractivity contribution is 7.00. The van der Waals surface area contributed by atoms with Gasteiger partial charge in [-0.15, -0.1) is 0 Å². The molecule has 0 aliphatic rings. The first kappa shape index (κ1) is 11.3. The maximum atomic E-state index is 12.9. The molecule has 0 amide bonds. The second-order valence-electron chi connectivity index (χ2n) is 3.71. The van der Waals surface area contributed by atoms with E-state index in [1.54, 1.807) is 6.92 Å². The molecule has 0 atom stereocenters. The van der Waals surface area contributed by atoms with Crippen LogP contribution in [0, 0.1) is 20.8 Å². The fraction of sp³-hybridized carbons (Fsp3) is 0.400. The van der Waals surface area contributed by atoms with Gasteiger partial charge in [0, 0.05) is 0 Å². The molecule has 16 heavy (non-hydrogen) atoms. The summed E-state index contributed by atoms with van der Waals surface area (Å²) >= 11 is 0.942. The van der Waals surface area contributed by atoms with E-state index in [0.717, 1.165) is 11.7 Å². The molecular weight excluding hydrogens is 237 g/mol. The van der Waals surface area contributed by atoms with Crippen LogP contribution >= 0.6 is 11.7 Å². The van der Waals surface area contributed by atoms with E-state index in [1.807, 2.05) is 0 Å². The SMILES string of the molecule is Cc1c(C(F)(F)F)c(C)c2nsnc2c1C. The first-order valence-corrected chi connectivity index (χ1v) is 5.36. The highest BCUT2D eigenvalue weighted by atomic mass is 32.1. The zero-order valence-corrected chi connectivity index (χ0v) is 9.75. The Morgan fingerprint density at radius 2 is 1.38 bits per heavy atom. The van der Waals surface area contributed by atoms with Crippen LogP contribution in [0.25, 0.3) is 11.0 Å². The summed E-state index contributed by atoms with van der Waals surface area (Å²) in [7, 11) is 0. The van der Waals surface area contributed by atoms with Crippen molar-refractivity contribution in [1.29, 1.82) is 0 Å². The predicted octanol–water partition coefficient (Wildman–Crippen LogP) is 3.64. The molecule has 2 aromatic rings. The lowest BCUT2D eigenvalue weighted by Crippen LogP contribution is -2.11. The Balaban J connectivity index is 2.94. The lowest BCUT2D eigenvalue weighted by Gasteiger charge is -2.15. The van der Waals surface area contributed by atoms with Gasteiger partial charge in [-0.2, -0.15) is 21.9 Å². The van der Waals surface area contributed by atoms with Gasteiger partial charge in [-0.05, 0) is 37.5 Å². The molecular formula is C10H9F3N2S. The van der Waals surface area contributed by atoms with Crippen molar-refractivity contribution >= 4 is 22.8 Å². The molecule has 1 aromatic heterocycles. The smallest absolute Gasteiger partial charge is 0.173 e. The average Bonchev–Trinajstić information content (AvgIpc) is 2.61. The standard InChI is InChI=1S/C10H9F3N2S/c1-4-5(2)8-9(15-16-14-8)6(3)7(4)10(11,12)13/h1-3H3. The van der Waals surface area contributed by atoms with Crippen LogP contribution in [-0.4, -0.2) is 8.75 Å². The Labute approximate surface area is 94.4 Å². The first-order chi connectivity index (χ1) is 7.34. The van der Waals surface area contributed by atoms with Gasteiger partial charge >= 0.3 is 6.18 Å². The second-order valence-corrected chi connectivity index (χ2v) is 4.24. The minimum Gasteiger partial charge on any atom is -0.173 e. The van der Waals surface area contributed by atoms with Crippen molar-refractivity contribution in [2.45, 2.75) is 26.9 Å². The highest BCUT2D eigenvalue weighted by Gasteiger charge is 2.36. The lowest BCUT2D eigenvalue weighted by molar-refractivity contribution is -0.138. The number of alkyl halides is 3. The summed E-state index contributed by atoms with van der Waals surface area (Å²) < 4.78 is 46.6. The van der Waals surface area contributed by atoms with Gasteiger partial charge in [-0.25, -0.2) is 0 Å².